The second-order valence-corrected chi connectivity index (χ2v) is 10.5. The Labute approximate surface area is 221 Å². The number of hydrogen-bond donors (Lipinski definition) is 3. The molecule has 0 amide bonds. The van der Waals surface area contributed by atoms with Crippen molar-refractivity contribution in [1.29, 1.82) is 0 Å². The van der Waals surface area contributed by atoms with Crippen LogP contribution in [-0.4, -0.2) is 36.3 Å². The van der Waals surface area contributed by atoms with Crippen LogP contribution in [-0.2, 0) is 6.54 Å². The van der Waals surface area contributed by atoms with E-state index in [1.165, 1.54) is 31.2 Å². The summed E-state index contributed by atoms with van der Waals surface area (Å²) in [6, 6.07) is 17.2. The standard InChI is InChI=1S/C31H31N7/c1-20-18-38(19-34-20)30-8-4-7-27-25(30)13-29(35-27)31-26-12-23(9-10-28(26)36-37-31)24-11-22(16-33-17-24)15-32-14-21-5-2-3-6-21/h4,7-13,16-19,21,32,35H,2-3,5-6,14-15H2,1H3,(H,36,37). The minimum atomic E-state index is 0.831. The highest BCUT2D eigenvalue weighted by Gasteiger charge is 2.16. The van der Waals surface area contributed by atoms with Crippen LogP contribution in [0.4, 0.5) is 0 Å². The van der Waals surface area contributed by atoms with E-state index in [0.717, 1.165) is 74.7 Å². The fourth-order valence-corrected chi connectivity index (χ4v) is 5.82. The van der Waals surface area contributed by atoms with Gasteiger partial charge in [0.2, 0.25) is 0 Å². The summed E-state index contributed by atoms with van der Waals surface area (Å²) in [5, 5.41) is 13.8. The molecule has 7 nitrogen and oxygen atoms in total. The first-order chi connectivity index (χ1) is 18.7. The first kappa shape index (κ1) is 22.9. The maximum atomic E-state index is 4.70. The average Bonchev–Trinajstić information content (AvgIpc) is 3.74. The van der Waals surface area contributed by atoms with Crippen LogP contribution in [0, 0.1) is 12.8 Å². The molecule has 0 atom stereocenters. The fourth-order valence-electron chi connectivity index (χ4n) is 5.82. The molecule has 4 aromatic heterocycles. The molecule has 4 heterocycles. The van der Waals surface area contributed by atoms with Crippen molar-refractivity contribution in [3.63, 3.8) is 0 Å². The van der Waals surface area contributed by atoms with Crippen molar-refractivity contribution in [2.24, 2.45) is 5.92 Å². The van der Waals surface area contributed by atoms with Gasteiger partial charge >= 0.3 is 0 Å². The molecule has 7 rings (SSSR count). The number of benzene rings is 2. The Hall–Kier alpha value is -4.23. The highest BCUT2D eigenvalue weighted by molar-refractivity contribution is 5.99. The smallest absolute Gasteiger partial charge is 0.116 e. The predicted molar refractivity (Wildman–Crippen MR) is 152 cm³/mol. The van der Waals surface area contributed by atoms with E-state index in [-0.39, 0.29) is 0 Å². The van der Waals surface area contributed by atoms with Crippen molar-refractivity contribution >= 4 is 21.8 Å². The summed E-state index contributed by atoms with van der Waals surface area (Å²) < 4.78 is 2.07. The summed E-state index contributed by atoms with van der Waals surface area (Å²) in [5.41, 5.74) is 9.52. The first-order valence-corrected chi connectivity index (χ1v) is 13.5. The zero-order chi connectivity index (χ0) is 25.5. The monoisotopic (exact) mass is 501 g/mol. The number of aryl methyl sites for hydroxylation is 1. The number of nitrogens with one attached hydrogen (secondary N) is 3. The van der Waals surface area contributed by atoms with Gasteiger partial charge in [-0.3, -0.25) is 10.1 Å². The largest absolute Gasteiger partial charge is 0.353 e. The van der Waals surface area contributed by atoms with E-state index in [1.807, 2.05) is 31.8 Å². The van der Waals surface area contributed by atoms with Crippen LogP contribution in [0.5, 0.6) is 0 Å². The number of nitrogens with zero attached hydrogens (tertiary/aromatic N) is 4. The van der Waals surface area contributed by atoms with Gasteiger partial charge < -0.3 is 14.9 Å². The molecule has 0 radical (unpaired) electrons. The Morgan fingerprint density at radius 3 is 2.76 bits per heavy atom. The third-order valence-corrected chi connectivity index (χ3v) is 7.81. The number of fused-ring (bicyclic) bond motifs is 2. The summed E-state index contributed by atoms with van der Waals surface area (Å²) in [7, 11) is 0. The molecule has 0 saturated heterocycles. The molecule has 190 valence electrons. The molecule has 1 aliphatic carbocycles. The summed E-state index contributed by atoms with van der Waals surface area (Å²) >= 11 is 0. The summed E-state index contributed by atoms with van der Waals surface area (Å²) in [5.74, 6) is 0.831. The van der Waals surface area contributed by atoms with Gasteiger partial charge in [0.15, 0.2) is 0 Å². The topological polar surface area (TPSA) is 87.2 Å². The molecule has 0 spiro atoms. The van der Waals surface area contributed by atoms with Crippen LogP contribution in [0.3, 0.4) is 0 Å². The lowest BCUT2D eigenvalue weighted by Gasteiger charge is -2.11. The zero-order valence-electron chi connectivity index (χ0n) is 21.5. The van der Waals surface area contributed by atoms with Crippen molar-refractivity contribution in [3.8, 4) is 28.2 Å². The van der Waals surface area contributed by atoms with E-state index >= 15 is 0 Å². The van der Waals surface area contributed by atoms with Crippen LogP contribution in [0.15, 0.2) is 73.4 Å². The molecule has 0 bridgehead atoms. The van der Waals surface area contributed by atoms with Gasteiger partial charge in [-0.05, 0) is 79.8 Å². The molecule has 0 unspecified atom stereocenters. The molecule has 2 aromatic carbocycles. The van der Waals surface area contributed by atoms with Gasteiger partial charge in [0.1, 0.15) is 5.69 Å². The maximum Gasteiger partial charge on any atom is 0.116 e. The van der Waals surface area contributed by atoms with Gasteiger partial charge in [0.25, 0.3) is 0 Å². The molecule has 1 fully saturated rings. The fraction of sp³-hybridized carbons (Fsp3) is 0.258. The third kappa shape index (κ3) is 4.29. The third-order valence-electron chi connectivity index (χ3n) is 7.81. The van der Waals surface area contributed by atoms with E-state index in [9.17, 15) is 0 Å². The minimum absolute atomic E-state index is 0.831. The number of H-pyrrole nitrogens is 2. The Morgan fingerprint density at radius 2 is 1.89 bits per heavy atom. The van der Waals surface area contributed by atoms with Gasteiger partial charge in [-0.1, -0.05) is 25.0 Å². The van der Waals surface area contributed by atoms with Crippen LogP contribution in [0.25, 0.3) is 50.0 Å². The number of pyridine rings is 1. The SMILES string of the molecule is Cc1cn(-c2cccc3[nH]c(-c4n[nH]c5ccc(-c6cncc(CNCC7CCCC7)c6)cc45)cc23)cn1. The second-order valence-electron chi connectivity index (χ2n) is 10.5. The lowest BCUT2D eigenvalue weighted by atomic mass is 10.0. The van der Waals surface area contributed by atoms with Gasteiger partial charge in [-0.2, -0.15) is 5.10 Å². The van der Waals surface area contributed by atoms with Gasteiger partial charge in [0, 0.05) is 47.0 Å². The van der Waals surface area contributed by atoms with Crippen LogP contribution in [0.1, 0.15) is 36.9 Å². The molecule has 6 aromatic rings. The van der Waals surface area contributed by atoms with Gasteiger partial charge in [-0.15, -0.1) is 0 Å². The van der Waals surface area contributed by atoms with Crippen molar-refractivity contribution in [2.45, 2.75) is 39.2 Å². The van der Waals surface area contributed by atoms with E-state index < -0.39 is 0 Å². The van der Waals surface area contributed by atoms with Crippen molar-refractivity contribution in [2.75, 3.05) is 6.54 Å². The number of aromatic nitrogens is 6. The summed E-state index contributed by atoms with van der Waals surface area (Å²) in [6.07, 6.45) is 13.3. The summed E-state index contributed by atoms with van der Waals surface area (Å²) in [4.78, 5) is 12.5. The highest BCUT2D eigenvalue weighted by Crippen LogP contribution is 2.33. The highest BCUT2D eigenvalue weighted by atomic mass is 15.1. The number of rotatable bonds is 7. The number of aromatic amines is 2. The molecule has 38 heavy (non-hydrogen) atoms. The Morgan fingerprint density at radius 1 is 0.974 bits per heavy atom. The predicted octanol–water partition coefficient (Wildman–Crippen LogP) is 6.55. The van der Waals surface area contributed by atoms with Gasteiger partial charge in [0.05, 0.1) is 28.9 Å². The lowest BCUT2D eigenvalue weighted by molar-refractivity contribution is 0.489. The molecule has 1 saturated carbocycles. The molecule has 0 aliphatic heterocycles. The van der Waals surface area contributed by atoms with E-state index in [4.69, 9.17) is 5.10 Å². The van der Waals surface area contributed by atoms with E-state index in [2.05, 4.69) is 78.5 Å². The molecular formula is C31H31N7. The molecule has 7 heteroatoms. The quantitative estimate of drug-likeness (QED) is 0.232. The minimum Gasteiger partial charge on any atom is -0.353 e. The Bertz CT molecular complexity index is 1730. The van der Waals surface area contributed by atoms with Crippen molar-refractivity contribution < 1.29 is 0 Å². The van der Waals surface area contributed by atoms with Gasteiger partial charge in [-0.25, -0.2) is 4.98 Å². The van der Waals surface area contributed by atoms with Crippen molar-refractivity contribution in [1.82, 2.24) is 35.0 Å². The van der Waals surface area contributed by atoms with E-state index in [1.54, 1.807) is 0 Å². The molecule has 3 N–H and O–H groups in total. The molecule has 1 aliphatic rings. The van der Waals surface area contributed by atoms with Crippen LogP contribution < -0.4 is 5.32 Å². The second kappa shape index (κ2) is 9.58. The summed E-state index contributed by atoms with van der Waals surface area (Å²) in [6.45, 7) is 3.95. The lowest BCUT2D eigenvalue weighted by Crippen LogP contribution is -2.20. The molecular weight excluding hydrogens is 470 g/mol. The Balaban J connectivity index is 1.20. The van der Waals surface area contributed by atoms with Crippen LogP contribution in [0.2, 0.25) is 0 Å². The number of hydrogen-bond acceptors (Lipinski definition) is 4. The van der Waals surface area contributed by atoms with Crippen molar-refractivity contribution in [3.05, 3.63) is 84.7 Å². The normalized spacial score (nSPS) is 14.2. The Kier molecular flexibility index (Phi) is 5.78. The first-order valence-electron chi connectivity index (χ1n) is 13.5. The average molecular weight is 502 g/mol. The zero-order valence-corrected chi connectivity index (χ0v) is 21.5. The van der Waals surface area contributed by atoms with Crippen LogP contribution >= 0.6 is 0 Å². The van der Waals surface area contributed by atoms with E-state index in [0.29, 0.717) is 0 Å². The maximum absolute atomic E-state index is 4.70. The number of imidazole rings is 1.